The monoisotopic (exact) mass is 554 g/mol. The molecule has 3 rings (SSSR count). The summed E-state index contributed by atoms with van der Waals surface area (Å²) in [5, 5.41) is 2.54. The number of nitrogens with one attached hydrogen (secondary N) is 2. The van der Waals surface area contributed by atoms with Crippen LogP contribution in [0, 0.1) is 29.2 Å². The molecule has 0 saturated heterocycles. The highest BCUT2D eigenvalue weighted by Crippen LogP contribution is 2.55. The van der Waals surface area contributed by atoms with Crippen LogP contribution >= 0.6 is 0 Å². The van der Waals surface area contributed by atoms with Crippen LogP contribution in [-0.4, -0.2) is 26.8 Å². The summed E-state index contributed by atoms with van der Waals surface area (Å²) in [6.45, 7) is 4.28. The zero-order valence-electron chi connectivity index (χ0n) is 20.4. The van der Waals surface area contributed by atoms with Crippen LogP contribution in [0.25, 0.3) is 0 Å². The molecule has 2 aromatic carbocycles. The number of halogens is 7. The van der Waals surface area contributed by atoms with E-state index in [1.54, 1.807) is 4.72 Å². The minimum absolute atomic E-state index is 0.00492. The Hall–Kier alpha value is -2.83. The van der Waals surface area contributed by atoms with Gasteiger partial charge in [0.05, 0.1) is 17.7 Å². The number of sulfonamides is 1. The fourth-order valence-electron chi connectivity index (χ4n) is 4.23. The predicted molar refractivity (Wildman–Crippen MR) is 122 cm³/mol. The minimum Gasteiger partial charge on any atom is -0.349 e. The largest absolute Gasteiger partial charge is 0.398 e. The smallest absolute Gasteiger partial charge is 0.349 e. The molecular formula is C24H25F7N2O3S. The maximum absolute atomic E-state index is 14.7. The molecule has 13 heteroatoms. The molecule has 3 unspecified atom stereocenters. The van der Waals surface area contributed by atoms with Crippen molar-refractivity contribution in [1.82, 2.24) is 5.32 Å². The van der Waals surface area contributed by atoms with Gasteiger partial charge in [-0.15, -0.1) is 0 Å². The van der Waals surface area contributed by atoms with Gasteiger partial charge >= 0.3 is 6.18 Å². The molecule has 204 valence electrons. The topological polar surface area (TPSA) is 75.3 Å². The van der Waals surface area contributed by atoms with Crippen LogP contribution in [-0.2, 0) is 25.6 Å². The van der Waals surface area contributed by atoms with Crippen LogP contribution in [0.4, 0.5) is 36.4 Å². The van der Waals surface area contributed by atoms with Crippen molar-refractivity contribution in [3.05, 3.63) is 64.2 Å². The summed E-state index contributed by atoms with van der Waals surface area (Å²) in [5.74, 6) is -6.58. The Balaban J connectivity index is 1.79. The van der Waals surface area contributed by atoms with Crippen LogP contribution in [0.1, 0.15) is 56.8 Å². The lowest BCUT2D eigenvalue weighted by Crippen LogP contribution is -2.38. The summed E-state index contributed by atoms with van der Waals surface area (Å²) < 4.78 is 122. The Morgan fingerprint density at radius 2 is 1.49 bits per heavy atom. The van der Waals surface area contributed by atoms with Gasteiger partial charge < -0.3 is 5.32 Å². The molecule has 1 aliphatic rings. The first kappa shape index (κ1) is 28.7. The number of carbonyl (C=O) groups is 1. The Bertz CT molecular complexity index is 1310. The summed E-state index contributed by atoms with van der Waals surface area (Å²) in [6, 6.07) is 2.35. The maximum atomic E-state index is 14.7. The Kier molecular flexibility index (Phi) is 7.13. The van der Waals surface area contributed by atoms with Crippen molar-refractivity contribution >= 4 is 21.6 Å². The van der Waals surface area contributed by atoms with Gasteiger partial charge in [-0.2, -0.15) is 13.2 Å². The number of carbonyl (C=O) groups excluding carboxylic acids is 1. The first-order valence-electron chi connectivity index (χ1n) is 11.0. The summed E-state index contributed by atoms with van der Waals surface area (Å²) in [4.78, 5) is 12.8. The number of benzene rings is 2. The van der Waals surface area contributed by atoms with E-state index < -0.39 is 79.4 Å². The minimum atomic E-state index is -4.91. The molecule has 1 saturated carbocycles. The van der Waals surface area contributed by atoms with Crippen molar-refractivity contribution in [3.63, 3.8) is 0 Å². The first-order valence-corrected chi connectivity index (χ1v) is 12.9. The van der Waals surface area contributed by atoms with Crippen LogP contribution in [0.2, 0.25) is 0 Å². The van der Waals surface area contributed by atoms with Gasteiger partial charge in [-0.3, -0.25) is 9.52 Å². The molecule has 2 N–H and O–H groups in total. The van der Waals surface area contributed by atoms with Crippen molar-refractivity contribution in [2.45, 2.75) is 57.2 Å². The fraction of sp³-hybridized carbons (Fsp3) is 0.458. The summed E-state index contributed by atoms with van der Waals surface area (Å²) in [7, 11) is -3.95. The van der Waals surface area contributed by atoms with Gasteiger partial charge in [0.25, 0.3) is 0 Å². The SMILES string of the molecule is CC(NC(=O)C1CC1(C)c1cc(F)c(C(C)(C)C(F)(F)F)c(F)c1)c1cc(F)c(NS(C)(=O)=O)c(F)c1. The Labute approximate surface area is 209 Å². The Morgan fingerprint density at radius 1 is 1.00 bits per heavy atom. The van der Waals surface area contributed by atoms with Gasteiger partial charge in [0.2, 0.25) is 15.9 Å². The molecule has 5 nitrogen and oxygen atoms in total. The molecule has 3 atom stereocenters. The molecule has 1 fully saturated rings. The van der Waals surface area contributed by atoms with Crippen LogP contribution in [0.3, 0.4) is 0 Å². The van der Waals surface area contributed by atoms with Crippen molar-refractivity contribution in [2.24, 2.45) is 5.92 Å². The molecule has 0 aromatic heterocycles. The molecule has 0 aliphatic heterocycles. The molecule has 1 aliphatic carbocycles. The van der Waals surface area contributed by atoms with Crippen LogP contribution in [0.5, 0.6) is 0 Å². The van der Waals surface area contributed by atoms with Crippen molar-refractivity contribution in [3.8, 4) is 0 Å². The molecule has 2 aromatic rings. The summed E-state index contributed by atoms with van der Waals surface area (Å²) in [5.41, 5.74) is -5.87. The van der Waals surface area contributed by atoms with E-state index in [9.17, 15) is 43.9 Å². The van der Waals surface area contributed by atoms with Crippen molar-refractivity contribution < 1.29 is 43.9 Å². The fourth-order valence-corrected chi connectivity index (χ4v) is 4.80. The van der Waals surface area contributed by atoms with Gasteiger partial charge in [0.15, 0.2) is 11.6 Å². The molecule has 0 bridgehead atoms. The third-order valence-corrected chi connectivity index (χ3v) is 7.37. The van der Waals surface area contributed by atoms with Gasteiger partial charge in [-0.1, -0.05) is 6.92 Å². The molecule has 0 heterocycles. The van der Waals surface area contributed by atoms with E-state index in [-0.39, 0.29) is 17.5 Å². The van der Waals surface area contributed by atoms with Crippen LogP contribution in [0.15, 0.2) is 24.3 Å². The number of anilines is 1. The number of hydrogen-bond acceptors (Lipinski definition) is 3. The van der Waals surface area contributed by atoms with E-state index in [0.717, 1.165) is 30.5 Å². The van der Waals surface area contributed by atoms with Gasteiger partial charge in [0, 0.05) is 16.9 Å². The number of alkyl halides is 3. The normalized spacial score (nSPS) is 20.9. The second-order valence-electron chi connectivity index (χ2n) is 10.1. The summed E-state index contributed by atoms with van der Waals surface area (Å²) in [6.07, 6.45) is -4.06. The molecular weight excluding hydrogens is 529 g/mol. The second kappa shape index (κ2) is 9.17. The first-order chi connectivity index (χ1) is 16.7. The number of amides is 1. The van der Waals surface area contributed by atoms with Crippen molar-refractivity contribution in [2.75, 3.05) is 11.0 Å². The lowest BCUT2D eigenvalue weighted by Gasteiger charge is -2.29. The second-order valence-corrected chi connectivity index (χ2v) is 11.8. The third kappa shape index (κ3) is 5.55. The lowest BCUT2D eigenvalue weighted by molar-refractivity contribution is -0.181. The zero-order valence-corrected chi connectivity index (χ0v) is 21.3. The van der Waals surface area contributed by atoms with Crippen LogP contribution < -0.4 is 10.0 Å². The zero-order chi connectivity index (χ0) is 28.3. The van der Waals surface area contributed by atoms with Gasteiger partial charge in [0.1, 0.15) is 17.3 Å². The highest BCUT2D eigenvalue weighted by molar-refractivity contribution is 7.92. The van der Waals surface area contributed by atoms with E-state index in [4.69, 9.17) is 0 Å². The van der Waals surface area contributed by atoms with E-state index >= 15 is 0 Å². The number of rotatable bonds is 7. The van der Waals surface area contributed by atoms with E-state index in [0.29, 0.717) is 13.8 Å². The number of hydrogen-bond donors (Lipinski definition) is 2. The average Bonchev–Trinajstić information content (AvgIpc) is 3.41. The lowest BCUT2D eigenvalue weighted by atomic mass is 9.81. The average molecular weight is 555 g/mol. The van der Waals surface area contributed by atoms with Gasteiger partial charge in [-0.05, 0) is 62.6 Å². The van der Waals surface area contributed by atoms with E-state index in [1.165, 1.54) is 13.8 Å². The third-order valence-electron chi connectivity index (χ3n) is 6.80. The van der Waals surface area contributed by atoms with Crippen molar-refractivity contribution in [1.29, 1.82) is 0 Å². The molecule has 0 spiro atoms. The van der Waals surface area contributed by atoms with E-state index in [1.807, 2.05) is 0 Å². The highest BCUT2D eigenvalue weighted by Gasteiger charge is 2.57. The predicted octanol–water partition coefficient (Wildman–Crippen LogP) is 5.61. The molecule has 0 radical (unpaired) electrons. The summed E-state index contributed by atoms with van der Waals surface area (Å²) >= 11 is 0. The maximum Gasteiger partial charge on any atom is 0.398 e. The standard InChI is InChI=1S/C24H25F7N2O3S/c1-11(12-6-17(27)20(18(28)7-12)33-37(5,35)36)32-21(34)14-10-23(14,4)13-8-15(25)19(16(26)9-13)22(2,3)24(29,30)31/h6-9,11,14,33H,10H2,1-5H3,(H,32,34). The molecule has 37 heavy (non-hydrogen) atoms. The highest BCUT2D eigenvalue weighted by atomic mass is 32.2. The quantitative estimate of drug-likeness (QED) is 0.437. The van der Waals surface area contributed by atoms with Gasteiger partial charge in [-0.25, -0.2) is 26.0 Å². The Morgan fingerprint density at radius 3 is 1.92 bits per heavy atom. The molecule has 1 amide bonds. The van der Waals surface area contributed by atoms with E-state index in [2.05, 4.69) is 5.32 Å².